The van der Waals surface area contributed by atoms with Crippen LogP contribution in [0.2, 0.25) is 0 Å². The monoisotopic (exact) mass is 1140 g/mol. The lowest BCUT2D eigenvalue weighted by molar-refractivity contribution is -0.246. The SMILES string of the molecule is CCCCCCCCCCCCCCCCOC[C@H]1O[C@H](Br)[C@H](OCCCCCCCCCCCCCCCC)[C@@H](OCCCCCCCCCCCCCCCC)[C@@H]1OCCCCCCCCCCCCCCCC. The van der Waals surface area contributed by atoms with Crippen LogP contribution < -0.4 is 0 Å². The third kappa shape index (κ3) is 50.0. The number of rotatable bonds is 65. The third-order valence-electron chi connectivity index (χ3n) is 16.9. The van der Waals surface area contributed by atoms with Gasteiger partial charge in [0.1, 0.15) is 29.4 Å². The first-order chi connectivity index (χ1) is 37.7. The summed E-state index contributed by atoms with van der Waals surface area (Å²) in [7, 11) is 0. The molecule has 0 amide bonds. The summed E-state index contributed by atoms with van der Waals surface area (Å²) in [5, 5.41) is -0.240. The lowest BCUT2D eigenvalue weighted by Crippen LogP contribution is -2.60. The molecule has 0 unspecified atom stereocenters. The van der Waals surface area contributed by atoms with Gasteiger partial charge in [-0.05, 0) is 25.7 Å². The minimum absolute atomic E-state index is 0.173. The lowest BCUT2D eigenvalue weighted by atomic mass is 9.99. The topological polar surface area (TPSA) is 46.2 Å². The van der Waals surface area contributed by atoms with Crippen molar-refractivity contribution in [1.29, 1.82) is 0 Å². The molecule has 0 saturated carbocycles. The molecule has 0 aromatic rings. The molecule has 1 aliphatic rings. The summed E-state index contributed by atoms with van der Waals surface area (Å²) in [6.07, 6.45) is 75.8. The van der Waals surface area contributed by atoms with Gasteiger partial charge in [0.05, 0.1) is 6.61 Å². The van der Waals surface area contributed by atoms with Crippen LogP contribution in [0.4, 0.5) is 0 Å². The number of unbranched alkanes of at least 4 members (excludes halogenated alkanes) is 52. The van der Waals surface area contributed by atoms with E-state index in [0.717, 1.165) is 52.1 Å². The van der Waals surface area contributed by atoms with Gasteiger partial charge in [-0.3, -0.25) is 0 Å². The fourth-order valence-electron chi connectivity index (χ4n) is 11.7. The highest BCUT2D eigenvalue weighted by Crippen LogP contribution is 2.32. The van der Waals surface area contributed by atoms with Gasteiger partial charge in [-0.2, -0.15) is 0 Å². The van der Waals surface area contributed by atoms with E-state index in [4.69, 9.17) is 23.7 Å². The molecule has 1 rings (SSSR count). The van der Waals surface area contributed by atoms with Gasteiger partial charge in [0, 0.05) is 26.4 Å². The molecule has 0 aromatic carbocycles. The maximum atomic E-state index is 6.98. The predicted octanol–water partition coefficient (Wildman–Crippen LogP) is 24.2. The van der Waals surface area contributed by atoms with E-state index in [1.807, 2.05) is 0 Å². The number of hydrogen-bond acceptors (Lipinski definition) is 5. The van der Waals surface area contributed by atoms with Crippen molar-refractivity contribution in [3.8, 4) is 0 Å². The highest BCUT2D eigenvalue weighted by Gasteiger charge is 2.47. The zero-order valence-electron chi connectivity index (χ0n) is 52.4. The van der Waals surface area contributed by atoms with Gasteiger partial charge < -0.3 is 23.7 Å². The van der Waals surface area contributed by atoms with Crippen molar-refractivity contribution < 1.29 is 23.7 Å². The van der Waals surface area contributed by atoms with E-state index in [2.05, 4.69) is 43.6 Å². The summed E-state index contributed by atoms with van der Waals surface area (Å²) < 4.78 is 34.0. The summed E-state index contributed by atoms with van der Waals surface area (Å²) in [6.45, 7) is 12.8. The molecule has 1 fully saturated rings. The van der Waals surface area contributed by atoms with Crippen LogP contribution in [0.15, 0.2) is 0 Å². The van der Waals surface area contributed by atoms with Gasteiger partial charge in [-0.1, -0.05) is 378 Å². The number of alkyl halides is 1. The van der Waals surface area contributed by atoms with Gasteiger partial charge in [-0.15, -0.1) is 0 Å². The maximum absolute atomic E-state index is 6.98. The first kappa shape index (κ1) is 74.3. The third-order valence-corrected chi connectivity index (χ3v) is 17.7. The second-order valence-electron chi connectivity index (χ2n) is 24.5. The Morgan fingerprint density at radius 1 is 0.237 bits per heavy atom. The molecule has 0 spiro atoms. The summed E-state index contributed by atoms with van der Waals surface area (Å²) >= 11 is 4.00. The molecule has 5 nitrogen and oxygen atoms in total. The highest BCUT2D eigenvalue weighted by molar-refractivity contribution is 9.09. The summed E-state index contributed by atoms with van der Waals surface area (Å²) in [6, 6.07) is 0. The Labute approximate surface area is 486 Å². The average Bonchev–Trinajstić information content (AvgIpc) is 3.43. The van der Waals surface area contributed by atoms with Gasteiger partial charge in [0.2, 0.25) is 0 Å². The molecule has 0 radical (unpaired) electrons. The summed E-state index contributed by atoms with van der Waals surface area (Å²) in [5.74, 6) is 0. The minimum atomic E-state index is -0.240. The van der Waals surface area contributed by atoms with E-state index in [-0.39, 0.29) is 29.4 Å². The fraction of sp³-hybridized carbons (Fsp3) is 1.00. The maximum Gasteiger partial charge on any atom is 0.141 e. The van der Waals surface area contributed by atoms with E-state index in [1.54, 1.807) is 0 Å². The second-order valence-corrected chi connectivity index (χ2v) is 25.4. The molecule has 1 aliphatic heterocycles. The molecule has 0 aliphatic carbocycles. The van der Waals surface area contributed by atoms with Gasteiger partial charge >= 0.3 is 0 Å². The zero-order valence-corrected chi connectivity index (χ0v) is 54.0. The average molecular weight is 1140 g/mol. The Hall–Kier alpha value is 0.280. The quantitative estimate of drug-likeness (QED) is 0.0449. The number of halogens is 1. The summed E-state index contributed by atoms with van der Waals surface area (Å²) in [4.78, 5) is 0. The van der Waals surface area contributed by atoms with E-state index < -0.39 is 0 Å². The number of hydrogen-bond donors (Lipinski definition) is 0. The molecule has 5 atom stereocenters. The highest BCUT2D eigenvalue weighted by atomic mass is 79.9. The predicted molar refractivity (Wildman–Crippen MR) is 339 cm³/mol. The largest absolute Gasteiger partial charge is 0.379 e. The van der Waals surface area contributed by atoms with E-state index >= 15 is 0 Å². The molecule has 0 N–H and O–H groups in total. The van der Waals surface area contributed by atoms with Crippen LogP contribution in [0.25, 0.3) is 0 Å². The van der Waals surface area contributed by atoms with E-state index in [1.165, 1.54) is 334 Å². The lowest BCUT2D eigenvalue weighted by Gasteiger charge is -2.44. The van der Waals surface area contributed by atoms with Gasteiger partial charge in [-0.25, -0.2) is 0 Å². The molecule has 456 valence electrons. The zero-order chi connectivity index (χ0) is 54.6. The van der Waals surface area contributed by atoms with Crippen LogP contribution in [0, 0.1) is 0 Å². The molecule has 0 aromatic heterocycles. The van der Waals surface area contributed by atoms with Crippen molar-refractivity contribution in [2.24, 2.45) is 0 Å². The Morgan fingerprint density at radius 3 is 0.684 bits per heavy atom. The Balaban J connectivity index is 2.72. The second kappa shape index (κ2) is 62.9. The van der Waals surface area contributed by atoms with E-state index in [0.29, 0.717) is 6.61 Å². The minimum Gasteiger partial charge on any atom is -0.379 e. The van der Waals surface area contributed by atoms with Crippen LogP contribution in [0.3, 0.4) is 0 Å². The van der Waals surface area contributed by atoms with Crippen LogP contribution in [-0.4, -0.2) is 62.5 Å². The van der Waals surface area contributed by atoms with Crippen LogP contribution >= 0.6 is 15.9 Å². The summed E-state index contributed by atoms with van der Waals surface area (Å²) in [5.41, 5.74) is 0. The Morgan fingerprint density at radius 2 is 0.434 bits per heavy atom. The molecular formula is C70H139BrO5. The first-order valence-corrected chi connectivity index (χ1v) is 36.3. The van der Waals surface area contributed by atoms with Crippen molar-refractivity contribution in [1.82, 2.24) is 0 Å². The van der Waals surface area contributed by atoms with Crippen LogP contribution in [0.5, 0.6) is 0 Å². The van der Waals surface area contributed by atoms with Crippen molar-refractivity contribution in [2.75, 3.05) is 33.0 Å². The van der Waals surface area contributed by atoms with Crippen molar-refractivity contribution >= 4 is 15.9 Å². The standard InChI is InChI=1S/C70H139BrO5/c1-5-9-13-17-21-25-29-33-37-41-45-49-53-57-61-72-65-66-67(73-62-58-54-50-46-42-38-34-30-26-22-18-14-10-6-2)68(74-63-59-55-51-47-43-39-35-31-27-23-19-15-11-7-3)69(70(71)76-66)75-64-60-56-52-48-44-40-36-32-28-24-20-16-12-8-4/h66-70H,5-65H2,1-4H3/t66-,67-,68+,69-,70+/m1/s1. The molecule has 1 heterocycles. The number of ether oxygens (including phenoxy) is 5. The molecule has 0 bridgehead atoms. The van der Waals surface area contributed by atoms with Crippen LogP contribution in [-0.2, 0) is 23.7 Å². The Kier molecular flexibility index (Phi) is 61.5. The molecule has 6 heteroatoms. The Bertz CT molecular complexity index is 1060. The van der Waals surface area contributed by atoms with Gasteiger partial charge in [0.15, 0.2) is 0 Å². The van der Waals surface area contributed by atoms with E-state index in [9.17, 15) is 0 Å². The molecule has 76 heavy (non-hydrogen) atoms. The molecular weight excluding hydrogens is 1000 g/mol. The first-order valence-electron chi connectivity index (χ1n) is 35.4. The van der Waals surface area contributed by atoms with Crippen LogP contribution in [0.1, 0.15) is 387 Å². The van der Waals surface area contributed by atoms with Crippen molar-refractivity contribution in [3.63, 3.8) is 0 Å². The normalized spacial score (nSPS) is 17.9. The fourth-order valence-corrected chi connectivity index (χ4v) is 12.4. The smallest absolute Gasteiger partial charge is 0.141 e. The van der Waals surface area contributed by atoms with Crippen molar-refractivity contribution in [2.45, 2.75) is 417 Å². The van der Waals surface area contributed by atoms with Crippen molar-refractivity contribution in [3.05, 3.63) is 0 Å². The molecule has 1 saturated heterocycles. The van der Waals surface area contributed by atoms with Gasteiger partial charge in [0.25, 0.3) is 0 Å².